The van der Waals surface area contributed by atoms with Crippen LogP contribution in [-0.2, 0) is 6.18 Å². The predicted molar refractivity (Wildman–Crippen MR) is 103 cm³/mol. The van der Waals surface area contributed by atoms with Gasteiger partial charge in [-0.25, -0.2) is 14.6 Å². The third-order valence-corrected chi connectivity index (χ3v) is 7.23. The van der Waals surface area contributed by atoms with Crippen LogP contribution in [0.25, 0.3) is 5.95 Å². The van der Waals surface area contributed by atoms with Gasteiger partial charge in [-0.15, -0.1) is 0 Å². The Balaban J connectivity index is 1.33. The molecule has 10 heteroatoms. The van der Waals surface area contributed by atoms with Crippen LogP contribution in [0, 0.1) is 23.2 Å². The fraction of sp³-hybridized carbons (Fsp3) is 0.619. The lowest BCUT2D eigenvalue weighted by Crippen LogP contribution is -2.54. The van der Waals surface area contributed by atoms with E-state index in [0.29, 0.717) is 17.8 Å². The fourth-order valence-electron chi connectivity index (χ4n) is 6.35. The molecule has 0 aromatic carbocycles. The molecule has 0 spiro atoms. The van der Waals surface area contributed by atoms with E-state index >= 15 is 0 Å². The summed E-state index contributed by atoms with van der Waals surface area (Å²) >= 11 is 0. The van der Waals surface area contributed by atoms with E-state index < -0.39 is 29.4 Å². The number of carbonyl (C=O) groups excluding carboxylic acids is 1. The number of carbonyl (C=O) groups is 1. The summed E-state index contributed by atoms with van der Waals surface area (Å²) in [7, 11) is 0. The molecule has 2 N–H and O–H groups in total. The smallest absolute Gasteiger partial charge is 0.391 e. The highest BCUT2D eigenvalue weighted by Crippen LogP contribution is 2.61. The van der Waals surface area contributed by atoms with Crippen molar-refractivity contribution in [2.24, 2.45) is 23.2 Å². The van der Waals surface area contributed by atoms with Crippen molar-refractivity contribution in [1.82, 2.24) is 25.1 Å². The van der Waals surface area contributed by atoms with Crippen molar-refractivity contribution in [3.8, 4) is 5.95 Å². The Morgan fingerprint density at radius 3 is 2.29 bits per heavy atom. The lowest BCUT2D eigenvalue weighted by Gasteiger charge is -2.58. The van der Waals surface area contributed by atoms with Gasteiger partial charge in [0.2, 0.25) is 5.95 Å². The van der Waals surface area contributed by atoms with Crippen LogP contribution in [0.15, 0.2) is 24.7 Å². The van der Waals surface area contributed by atoms with Crippen LogP contribution in [0.3, 0.4) is 0 Å². The molecule has 1 atom stereocenters. The van der Waals surface area contributed by atoms with Gasteiger partial charge in [0.15, 0.2) is 5.69 Å². The molecule has 4 saturated carbocycles. The largest absolute Gasteiger partial charge is 0.435 e. The molecule has 2 aromatic heterocycles. The number of nitrogens with zero attached hydrogens (tertiary/aromatic N) is 4. The quantitative estimate of drug-likeness (QED) is 0.753. The third kappa shape index (κ3) is 3.71. The number of rotatable bonds is 5. The third-order valence-electron chi connectivity index (χ3n) is 7.23. The molecule has 2 heterocycles. The summed E-state index contributed by atoms with van der Waals surface area (Å²) in [5.41, 5.74) is -2.14. The van der Waals surface area contributed by atoms with Crippen molar-refractivity contribution >= 4 is 5.91 Å². The molecule has 7 nitrogen and oxygen atoms in total. The molecule has 6 rings (SSSR count). The first-order chi connectivity index (χ1) is 14.7. The number of aliphatic hydroxyl groups is 1. The summed E-state index contributed by atoms with van der Waals surface area (Å²) in [5.74, 6) is 0.881. The van der Waals surface area contributed by atoms with E-state index in [4.69, 9.17) is 0 Å². The minimum atomic E-state index is -4.81. The van der Waals surface area contributed by atoms with Gasteiger partial charge >= 0.3 is 6.18 Å². The lowest BCUT2D eigenvalue weighted by molar-refractivity contribution is -0.141. The number of hydrogen-bond acceptors (Lipinski definition) is 5. The number of halogens is 3. The van der Waals surface area contributed by atoms with Crippen LogP contribution < -0.4 is 5.32 Å². The van der Waals surface area contributed by atoms with E-state index in [2.05, 4.69) is 20.4 Å². The highest BCUT2D eigenvalue weighted by atomic mass is 19.4. The molecule has 2 aromatic rings. The Hall–Kier alpha value is -2.49. The second kappa shape index (κ2) is 7.29. The highest BCUT2D eigenvalue weighted by Gasteiger charge is 2.54. The zero-order valence-corrected chi connectivity index (χ0v) is 16.8. The van der Waals surface area contributed by atoms with Gasteiger partial charge in [0.05, 0.1) is 11.7 Å². The minimum Gasteiger partial charge on any atom is -0.391 e. The van der Waals surface area contributed by atoms with E-state index in [1.165, 1.54) is 37.7 Å². The molecule has 0 saturated heterocycles. The Labute approximate surface area is 177 Å². The molecule has 31 heavy (non-hydrogen) atoms. The summed E-state index contributed by atoms with van der Waals surface area (Å²) in [5, 5.41) is 17.0. The number of aromatic nitrogens is 4. The number of aliphatic hydroxyl groups excluding tert-OH is 1. The van der Waals surface area contributed by atoms with Gasteiger partial charge in [0, 0.05) is 25.1 Å². The summed E-state index contributed by atoms with van der Waals surface area (Å²) in [6.45, 7) is -0.0741. The van der Waals surface area contributed by atoms with Crippen molar-refractivity contribution in [2.75, 3.05) is 6.54 Å². The van der Waals surface area contributed by atoms with Gasteiger partial charge in [-0.1, -0.05) is 0 Å². The zero-order chi connectivity index (χ0) is 21.8. The maximum Gasteiger partial charge on any atom is 0.435 e. The van der Waals surface area contributed by atoms with Gasteiger partial charge in [-0.2, -0.15) is 18.3 Å². The Bertz CT molecular complexity index is 940. The van der Waals surface area contributed by atoms with Gasteiger partial charge in [0.25, 0.3) is 5.91 Å². The second-order valence-electron chi connectivity index (χ2n) is 9.39. The molecule has 166 valence electrons. The Morgan fingerprint density at radius 1 is 1.16 bits per heavy atom. The standard InChI is InChI=1S/C21H24F3N5O2/c22-21(23,24)17-15(11-29(28-17)19-25-2-1-3-26-19)18(31)27-10-16(30)20-7-12-4-13(8-20)6-14(5-12)9-20/h1-3,11-14,16,30H,4-10H2,(H,27,31). The first kappa shape index (κ1) is 20.4. The molecule has 4 bridgehead atoms. The normalized spacial score (nSPS) is 30.4. The molecule has 4 fully saturated rings. The number of hydrogen-bond donors (Lipinski definition) is 2. The minimum absolute atomic E-state index is 0.0688. The SMILES string of the molecule is O=C(NCC(O)C12CC3CC(CC(C3)C1)C2)c1cn(-c2ncccn2)nc1C(F)(F)F. The highest BCUT2D eigenvalue weighted by molar-refractivity contribution is 5.95. The molecule has 1 amide bonds. The molecule has 0 radical (unpaired) electrons. The molecule has 4 aliphatic rings. The second-order valence-corrected chi connectivity index (χ2v) is 9.39. The van der Waals surface area contributed by atoms with Gasteiger partial charge < -0.3 is 10.4 Å². The number of nitrogens with one attached hydrogen (secondary N) is 1. The van der Waals surface area contributed by atoms with Crippen molar-refractivity contribution < 1.29 is 23.1 Å². The van der Waals surface area contributed by atoms with E-state index in [0.717, 1.165) is 30.1 Å². The summed E-state index contributed by atoms with van der Waals surface area (Å²) in [4.78, 5) is 20.4. The van der Waals surface area contributed by atoms with Crippen LogP contribution in [0.4, 0.5) is 13.2 Å². The van der Waals surface area contributed by atoms with Crippen LogP contribution in [0.1, 0.15) is 54.6 Å². The molecule has 4 aliphatic carbocycles. The molecular formula is C21H24F3N5O2. The van der Waals surface area contributed by atoms with Gasteiger partial charge in [-0.3, -0.25) is 4.79 Å². The summed E-state index contributed by atoms with van der Waals surface area (Å²) < 4.78 is 41.3. The fourth-order valence-corrected chi connectivity index (χ4v) is 6.35. The van der Waals surface area contributed by atoms with Gasteiger partial charge in [0.1, 0.15) is 0 Å². The van der Waals surface area contributed by atoms with E-state index in [-0.39, 0.29) is 17.9 Å². The predicted octanol–water partition coefficient (Wildman–Crippen LogP) is 2.99. The summed E-state index contributed by atoms with van der Waals surface area (Å²) in [6, 6.07) is 1.52. The monoisotopic (exact) mass is 435 g/mol. The Morgan fingerprint density at radius 2 is 1.74 bits per heavy atom. The van der Waals surface area contributed by atoms with Crippen molar-refractivity contribution in [3.63, 3.8) is 0 Å². The molecule has 0 aliphatic heterocycles. The number of amides is 1. The van der Waals surface area contributed by atoms with Crippen molar-refractivity contribution in [1.29, 1.82) is 0 Å². The number of alkyl halides is 3. The van der Waals surface area contributed by atoms with Crippen molar-refractivity contribution in [3.05, 3.63) is 35.9 Å². The average molecular weight is 435 g/mol. The van der Waals surface area contributed by atoms with E-state index in [1.807, 2.05) is 0 Å². The first-order valence-corrected chi connectivity index (χ1v) is 10.6. The maximum atomic E-state index is 13.5. The first-order valence-electron chi connectivity index (χ1n) is 10.6. The van der Waals surface area contributed by atoms with Crippen LogP contribution in [0.2, 0.25) is 0 Å². The van der Waals surface area contributed by atoms with Crippen LogP contribution in [0.5, 0.6) is 0 Å². The van der Waals surface area contributed by atoms with Crippen LogP contribution >= 0.6 is 0 Å². The lowest BCUT2D eigenvalue weighted by atomic mass is 9.48. The maximum absolute atomic E-state index is 13.5. The zero-order valence-electron chi connectivity index (χ0n) is 16.8. The van der Waals surface area contributed by atoms with Crippen LogP contribution in [-0.4, -0.2) is 43.4 Å². The average Bonchev–Trinajstić information content (AvgIpc) is 3.18. The van der Waals surface area contributed by atoms with Crippen molar-refractivity contribution in [2.45, 2.75) is 50.8 Å². The van der Waals surface area contributed by atoms with E-state index in [9.17, 15) is 23.1 Å². The van der Waals surface area contributed by atoms with Gasteiger partial charge in [-0.05, 0) is 67.8 Å². The topological polar surface area (TPSA) is 92.9 Å². The molecular weight excluding hydrogens is 411 g/mol. The molecule has 1 unspecified atom stereocenters. The Kier molecular flexibility index (Phi) is 4.80. The van der Waals surface area contributed by atoms with E-state index in [1.54, 1.807) is 0 Å². The summed E-state index contributed by atoms with van der Waals surface area (Å²) in [6.07, 6.45) is 4.60.